The molecule has 2 aromatic heterocycles. The van der Waals surface area contributed by atoms with E-state index in [1.54, 1.807) is 36.9 Å². The number of nitrogens with two attached hydrogens (primary N) is 2. The summed E-state index contributed by atoms with van der Waals surface area (Å²) in [7, 11) is 1.63. The highest BCUT2D eigenvalue weighted by Crippen LogP contribution is 2.36. The third-order valence-corrected chi connectivity index (χ3v) is 7.41. The van der Waals surface area contributed by atoms with Gasteiger partial charge < -0.3 is 25.3 Å². The number of likely N-dealkylation sites (N-methyl/N-ethyl adjacent to an activating group) is 1. The molecule has 1 atom stereocenters. The molecule has 3 heterocycles. The van der Waals surface area contributed by atoms with Crippen LogP contribution in [0.3, 0.4) is 0 Å². The highest BCUT2D eigenvalue weighted by molar-refractivity contribution is 5.68. The molecule has 1 saturated carbocycles. The van der Waals surface area contributed by atoms with E-state index in [1.807, 2.05) is 13.0 Å². The topological polar surface area (TPSA) is 131 Å². The van der Waals surface area contributed by atoms with Gasteiger partial charge in [-0.3, -0.25) is 9.59 Å². The molecule has 1 unspecified atom stereocenters. The summed E-state index contributed by atoms with van der Waals surface area (Å²) in [5.74, 6) is 2.00. The molecular weight excluding hydrogens is 494 g/mol. The van der Waals surface area contributed by atoms with Gasteiger partial charge in [-0.2, -0.15) is 0 Å². The van der Waals surface area contributed by atoms with Crippen molar-refractivity contribution in [2.24, 2.45) is 23.4 Å². The number of pyridine rings is 2. The van der Waals surface area contributed by atoms with E-state index in [0.717, 1.165) is 17.5 Å². The van der Waals surface area contributed by atoms with Gasteiger partial charge in [-0.05, 0) is 68.7 Å². The number of aromatic nitrogens is 2. The van der Waals surface area contributed by atoms with Gasteiger partial charge >= 0.3 is 5.97 Å². The van der Waals surface area contributed by atoms with Gasteiger partial charge in [0.1, 0.15) is 0 Å². The summed E-state index contributed by atoms with van der Waals surface area (Å²) in [6.07, 6.45) is 4.31. The van der Waals surface area contributed by atoms with Crippen LogP contribution in [0, 0.1) is 25.7 Å². The second-order valence-corrected chi connectivity index (χ2v) is 10.7. The van der Waals surface area contributed by atoms with E-state index in [4.69, 9.17) is 16.7 Å². The number of hydrogen-bond donors (Lipinski definition) is 3. The number of anilines is 1. The van der Waals surface area contributed by atoms with Gasteiger partial charge in [-0.1, -0.05) is 0 Å². The van der Waals surface area contributed by atoms with E-state index < -0.39 is 30.8 Å². The number of carbonyl (C=O) groups is 1. The number of allylic oxidation sites excluding steroid dienone is 1. The van der Waals surface area contributed by atoms with Crippen LogP contribution in [0.15, 0.2) is 34.9 Å². The average molecular weight is 531 g/mol. The molecule has 11 heteroatoms. The molecule has 1 aliphatic carbocycles. The number of piperidine rings is 1. The predicted molar refractivity (Wildman–Crippen MR) is 141 cm³/mol. The van der Waals surface area contributed by atoms with Crippen LogP contribution in [-0.4, -0.2) is 51.7 Å². The smallest absolute Gasteiger partial charge is 0.303 e. The van der Waals surface area contributed by atoms with Crippen molar-refractivity contribution >= 4 is 17.4 Å². The van der Waals surface area contributed by atoms with Crippen molar-refractivity contribution in [1.29, 1.82) is 0 Å². The normalized spacial score (nSPS) is 19.7. The third kappa shape index (κ3) is 6.32. The minimum Gasteiger partial charge on any atom is -0.481 e. The molecule has 2 fully saturated rings. The molecule has 1 saturated heterocycles. The maximum absolute atomic E-state index is 14.4. The average Bonchev–Trinajstić information content (AvgIpc) is 3.63. The van der Waals surface area contributed by atoms with Crippen LogP contribution in [0.1, 0.15) is 48.2 Å². The van der Waals surface area contributed by atoms with Crippen molar-refractivity contribution in [3.05, 3.63) is 63.0 Å². The number of halogens is 2. The fourth-order valence-corrected chi connectivity index (χ4v) is 5.21. The standard InChI is InChI=1S/C27H36F2N6O3/c1-16-20(10-18-4-5-18)8-9-34(26(16)38)14-23(33(3)31)25(30)21-6-7-22(17(2)32-21)35-13-19(11-24(36)37)12-27(28,29)15-35/h6-9,18-19H,4-5,10-15,30-31H2,1-3H3,(H,36,37)/b25-23-. The van der Waals surface area contributed by atoms with Crippen LogP contribution in [0.2, 0.25) is 0 Å². The van der Waals surface area contributed by atoms with Crippen LogP contribution < -0.4 is 22.0 Å². The number of hydrogen-bond acceptors (Lipinski definition) is 7. The second kappa shape index (κ2) is 10.7. The minimum absolute atomic E-state index is 0.100. The number of hydrazine groups is 1. The zero-order valence-electron chi connectivity index (χ0n) is 22.1. The minimum atomic E-state index is -3.00. The first kappa shape index (κ1) is 27.6. The Morgan fingerprint density at radius 1 is 1.24 bits per heavy atom. The van der Waals surface area contributed by atoms with Crippen molar-refractivity contribution < 1.29 is 18.7 Å². The van der Waals surface area contributed by atoms with Gasteiger partial charge in [-0.15, -0.1) is 0 Å². The summed E-state index contributed by atoms with van der Waals surface area (Å²) < 4.78 is 30.4. The lowest BCUT2D eigenvalue weighted by atomic mass is 9.92. The van der Waals surface area contributed by atoms with Gasteiger partial charge in [-0.25, -0.2) is 19.6 Å². The number of carboxylic acids is 1. The zero-order valence-corrected chi connectivity index (χ0v) is 22.1. The van der Waals surface area contributed by atoms with Crippen LogP contribution >= 0.6 is 0 Å². The molecule has 0 aromatic carbocycles. The summed E-state index contributed by atoms with van der Waals surface area (Å²) in [5, 5.41) is 10.4. The van der Waals surface area contributed by atoms with Crippen LogP contribution in [0.4, 0.5) is 14.5 Å². The molecule has 38 heavy (non-hydrogen) atoms. The van der Waals surface area contributed by atoms with Crippen molar-refractivity contribution in [2.75, 3.05) is 25.0 Å². The number of aryl methyl sites for hydroxylation is 1. The summed E-state index contributed by atoms with van der Waals surface area (Å²) >= 11 is 0. The van der Waals surface area contributed by atoms with Crippen molar-refractivity contribution in [3.8, 4) is 0 Å². The Bertz CT molecular complexity index is 1300. The fraction of sp³-hybridized carbons (Fsp3) is 0.519. The van der Waals surface area contributed by atoms with Crippen LogP contribution in [0.5, 0.6) is 0 Å². The first-order chi connectivity index (χ1) is 17.8. The Morgan fingerprint density at radius 3 is 2.55 bits per heavy atom. The van der Waals surface area contributed by atoms with Gasteiger partial charge in [0, 0.05) is 31.8 Å². The first-order valence-electron chi connectivity index (χ1n) is 12.8. The largest absolute Gasteiger partial charge is 0.481 e. The number of carboxylic acid groups (broad SMARTS) is 1. The molecule has 0 spiro atoms. The van der Waals surface area contributed by atoms with E-state index >= 15 is 0 Å². The highest BCUT2D eigenvalue weighted by atomic mass is 19.3. The van der Waals surface area contributed by atoms with Gasteiger partial charge in [0.15, 0.2) is 0 Å². The Hall–Kier alpha value is -3.47. The van der Waals surface area contributed by atoms with Crippen molar-refractivity contribution in [1.82, 2.24) is 14.6 Å². The van der Waals surface area contributed by atoms with E-state index in [9.17, 15) is 18.4 Å². The van der Waals surface area contributed by atoms with E-state index in [2.05, 4.69) is 4.98 Å². The molecule has 0 bridgehead atoms. The Kier molecular flexibility index (Phi) is 7.78. The molecule has 4 rings (SSSR count). The predicted octanol–water partition coefficient (Wildman–Crippen LogP) is 2.88. The summed E-state index contributed by atoms with van der Waals surface area (Å²) in [5.41, 5.74) is 10.3. The lowest BCUT2D eigenvalue weighted by molar-refractivity contribution is -0.139. The van der Waals surface area contributed by atoms with Crippen LogP contribution in [-0.2, 0) is 17.8 Å². The zero-order chi connectivity index (χ0) is 27.8. The van der Waals surface area contributed by atoms with Gasteiger partial charge in [0.25, 0.3) is 11.5 Å². The Morgan fingerprint density at radius 2 is 1.95 bits per heavy atom. The summed E-state index contributed by atoms with van der Waals surface area (Å²) in [6, 6.07) is 5.27. The number of aliphatic carboxylic acids is 1. The summed E-state index contributed by atoms with van der Waals surface area (Å²) in [4.78, 5) is 30.2. The molecule has 2 aromatic rings. The second-order valence-electron chi connectivity index (χ2n) is 10.7. The van der Waals surface area contributed by atoms with E-state index in [1.165, 1.54) is 22.8 Å². The summed E-state index contributed by atoms with van der Waals surface area (Å²) in [6.45, 7) is 3.37. The number of nitrogens with zero attached hydrogens (tertiary/aromatic N) is 4. The maximum atomic E-state index is 14.4. The van der Waals surface area contributed by atoms with Crippen LogP contribution in [0.25, 0.3) is 5.70 Å². The lowest BCUT2D eigenvalue weighted by Gasteiger charge is -2.39. The molecule has 9 nitrogen and oxygen atoms in total. The van der Waals surface area contributed by atoms with E-state index in [-0.39, 0.29) is 30.8 Å². The van der Waals surface area contributed by atoms with Gasteiger partial charge in [0.2, 0.25) is 0 Å². The quantitative estimate of drug-likeness (QED) is 0.333. The number of rotatable bonds is 9. The molecule has 1 aliphatic heterocycles. The molecule has 5 N–H and O–H groups in total. The van der Waals surface area contributed by atoms with Crippen molar-refractivity contribution in [2.45, 2.75) is 58.4 Å². The molecular formula is C27H36F2N6O3. The Labute approximate surface area is 220 Å². The van der Waals surface area contributed by atoms with Crippen molar-refractivity contribution in [3.63, 3.8) is 0 Å². The molecule has 0 radical (unpaired) electrons. The van der Waals surface area contributed by atoms with E-state index in [0.29, 0.717) is 28.7 Å². The lowest BCUT2D eigenvalue weighted by Crippen LogP contribution is -2.48. The molecule has 206 valence electrons. The first-order valence-corrected chi connectivity index (χ1v) is 12.8. The SMILES string of the molecule is Cc1nc(/C(N)=C(\Cn2ccc(CC3CC3)c(C)c2=O)N(C)N)ccc1N1CC(CC(=O)O)CC(F)(F)C1. The third-order valence-electron chi connectivity index (χ3n) is 7.41. The highest BCUT2D eigenvalue weighted by Gasteiger charge is 2.41. The monoisotopic (exact) mass is 530 g/mol. The molecule has 2 aliphatic rings. The van der Waals surface area contributed by atoms with Gasteiger partial charge in [0.05, 0.1) is 48.0 Å². The molecule has 0 amide bonds. The number of alkyl halides is 2. The fourth-order valence-electron chi connectivity index (χ4n) is 5.21. The Balaban J connectivity index is 1.60. The maximum Gasteiger partial charge on any atom is 0.303 e.